The van der Waals surface area contributed by atoms with Crippen LogP contribution >= 0.6 is 0 Å². The van der Waals surface area contributed by atoms with Crippen molar-refractivity contribution in [3.63, 3.8) is 0 Å². The first-order chi connectivity index (χ1) is 34.2. The molecule has 4 unspecified atom stereocenters. The number of fused-ring (bicyclic) bond motifs is 20. The zero-order chi connectivity index (χ0) is 51.4. The minimum Gasteiger partial charge on any atom is -0.480 e. The second kappa shape index (κ2) is 18.1. The van der Waals surface area contributed by atoms with E-state index in [2.05, 4.69) is 31.2 Å². The van der Waals surface area contributed by atoms with Crippen molar-refractivity contribution in [3.05, 3.63) is 95.1 Å². The monoisotopic (exact) mass is 974 g/mol. The number of carboxylic acid groups (broad SMARTS) is 4. The predicted octanol–water partition coefficient (Wildman–Crippen LogP) is 3.68. The molecule has 8 bridgehead atoms. The maximum absolute atomic E-state index is 13.4. The summed E-state index contributed by atoms with van der Waals surface area (Å²) in [6, 6.07) is 12.9. The van der Waals surface area contributed by atoms with Crippen LogP contribution < -0.4 is 21.3 Å². The number of aliphatic carboxylic acids is 4. The fourth-order valence-electron chi connectivity index (χ4n) is 7.73. The largest absolute Gasteiger partial charge is 0.480 e. The molecule has 0 saturated carbocycles. The van der Waals surface area contributed by atoms with E-state index < -0.39 is 71.7 Å². The molecular weight excluding hydrogens is 937 g/mol. The zero-order valence-corrected chi connectivity index (χ0v) is 38.0. The smallest absolute Gasteiger partial charge is 0.325 e. The summed E-state index contributed by atoms with van der Waals surface area (Å²) in [5, 5.41) is 49.1. The highest BCUT2D eigenvalue weighted by Crippen LogP contribution is 2.38. The first-order valence-corrected chi connectivity index (χ1v) is 21.8. The number of carbonyl (C=O) groups excluding carboxylic acids is 4. The van der Waals surface area contributed by atoms with Gasteiger partial charge in [-0.3, -0.25) is 38.4 Å². The van der Waals surface area contributed by atoms with E-state index in [1.807, 2.05) is 0 Å². The zero-order valence-electron chi connectivity index (χ0n) is 38.0. The van der Waals surface area contributed by atoms with Crippen LogP contribution in [-0.2, 0) is 19.2 Å². The molecule has 0 radical (unpaired) electrons. The summed E-state index contributed by atoms with van der Waals surface area (Å²) in [6.45, 7) is 5.21. The van der Waals surface area contributed by atoms with Gasteiger partial charge in [0.25, 0.3) is 23.6 Å². The number of carboxylic acids is 4. The minimum atomic E-state index is -1.26. The summed E-state index contributed by atoms with van der Waals surface area (Å²) in [6.07, 6.45) is 0. The molecule has 0 saturated heterocycles. The molecule has 0 fully saturated rings. The third-order valence-corrected chi connectivity index (χ3v) is 11.8. The molecule has 5 heterocycles. The third-order valence-electron chi connectivity index (χ3n) is 11.8. The van der Waals surface area contributed by atoms with Crippen molar-refractivity contribution in [1.82, 2.24) is 61.1 Å². The van der Waals surface area contributed by atoms with Crippen molar-refractivity contribution < 1.29 is 58.8 Å². The number of nitrogens with one attached hydrogen (secondary N) is 6. The molecule has 9 rings (SSSR count). The van der Waals surface area contributed by atoms with Gasteiger partial charge in [-0.2, -0.15) is 0 Å². The van der Waals surface area contributed by atoms with Gasteiger partial charge in [-0.05, 0) is 100 Å². The molecule has 362 valence electrons. The van der Waals surface area contributed by atoms with Crippen molar-refractivity contribution in [2.75, 3.05) is 0 Å². The lowest BCUT2D eigenvalue weighted by molar-refractivity contribution is -0.139. The molecule has 2 aliphatic rings. The summed E-state index contributed by atoms with van der Waals surface area (Å²) in [5.41, 5.74) is 1.94. The summed E-state index contributed by atoms with van der Waals surface area (Å²) >= 11 is 0. The lowest BCUT2D eigenvalue weighted by Gasteiger charge is -2.10. The fourth-order valence-corrected chi connectivity index (χ4v) is 7.73. The van der Waals surface area contributed by atoms with Crippen molar-refractivity contribution in [2.24, 2.45) is 0 Å². The Morgan fingerprint density at radius 2 is 0.625 bits per heavy atom. The molecule has 24 heteroatoms. The van der Waals surface area contributed by atoms with Crippen LogP contribution in [0.4, 0.5) is 0 Å². The molecule has 0 spiro atoms. The molecule has 0 aliphatic carbocycles. The minimum absolute atomic E-state index is 0.00859. The van der Waals surface area contributed by atoms with Crippen molar-refractivity contribution >= 4 is 91.6 Å². The number of amides is 4. The normalized spacial score (nSPS) is 13.2. The van der Waals surface area contributed by atoms with Crippen LogP contribution in [-0.4, -0.2) is 132 Å². The quantitative estimate of drug-likeness (QED) is 0.0834. The lowest BCUT2D eigenvalue weighted by atomic mass is 10.0. The van der Waals surface area contributed by atoms with Gasteiger partial charge in [-0.25, -0.2) is 29.9 Å². The third kappa shape index (κ3) is 8.81. The molecular formula is C48H38N12O12. The number of H-pyrrole nitrogens is 2. The molecule has 2 aliphatic heterocycles. The molecule has 4 atom stereocenters. The van der Waals surface area contributed by atoms with Crippen LogP contribution in [0, 0.1) is 0 Å². The average molecular weight is 975 g/mol. The Morgan fingerprint density at radius 3 is 0.931 bits per heavy atom. The Bertz CT molecular complexity index is 3510. The number of aromatic nitrogens is 8. The number of hydrogen-bond donors (Lipinski definition) is 10. The number of carbonyl (C=O) groups is 8. The second-order valence-electron chi connectivity index (χ2n) is 16.8. The number of aromatic amines is 2. The highest BCUT2D eigenvalue weighted by Gasteiger charge is 2.27. The van der Waals surface area contributed by atoms with Crippen LogP contribution in [0.1, 0.15) is 69.1 Å². The van der Waals surface area contributed by atoms with Crippen molar-refractivity contribution in [3.8, 4) is 45.6 Å². The Labute approximate surface area is 403 Å². The number of hydrogen-bond acceptors (Lipinski definition) is 14. The first kappa shape index (κ1) is 47.1. The Hall–Kier alpha value is -10.0. The van der Waals surface area contributed by atoms with Gasteiger partial charge < -0.3 is 51.7 Å². The van der Waals surface area contributed by atoms with Crippen LogP contribution in [0.3, 0.4) is 0 Å². The molecule has 4 amide bonds. The van der Waals surface area contributed by atoms with E-state index in [1.54, 1.807) is 24.3 Å². The number of nitrogens with zero attached hydrogens (tertiary/aromatic N) is 6. The van der Waals surface area contributed by atoms with Gasteiger partial charge in [0.2, 0.25) is 0 Å². The van der Waals surface area contributed by atoms with E-state index >= 15 is 0 Å². The van der Waals surface area contributed by atoms with E-state index in [-0.39, 0.29) is 79.3 Å². The average Bonchev–Trinajstić information content (AvgIpc) is 4.08. The summed E-state index contributed by atoms with van der Waals surface area (Å²) in [4.78, 5) is 136. The maximum Gasteiger partial charge on any atom is 0.325 e. The highest BCUT2D eigenvalue weighted by atomic mass is 16.4. The van der Waals surface area contributed by atoms with Gasteiger partial charge in [-0.15, -0.1) is 0 Å². The molecule has 72 heavy (non-hydrogen) atoms. The first-order valence-electron chi connectivity index (χ1n) is 21.8. The standard InChI is InChI=1S/C48H38N12O12/c1-17(45(65)66)49-41(61)21-5-9-25-29(13-21)37-53-33(25)58-38-31-15-23(43(63)51-19(3)47(69)70)7-11-27(31)35(55-38)60-40-32-16-24(44(64)52-20(4)48(71)72)8-12-28(32)36(56-40)59-39-30-14-22(42(62)50-18(2)46(67)68)6-10-26(30)34(54-39)57-37/h5-20H,1-4H3,(H,49,61)(H,50,62)(H,51,63)(H,52,64)(H,65,66)(H,67,68)(H,69,70)(H,71,72)(H2,53,54,55,56,57,58,59,60). The molecule has 24 nitrogen and oxygen atoms in total. The van der Waals surface area contributed by atoms with E-state index in [9.17, 15) is 58.8 Å². The van der Waals surface area contributed by atoms with Crippen LogP contribution in [0.15, 0.2) is 72.8 Å². The highest BCUT2D eigenvalue weighted by molar-refractivity contribution is 6.11. The number of benzene rings is 4. The van der Waals surface area contributed by atoms with Gasteiger partial charge in [0.15, 0.2) is 23.3 Å². The molecule has 10 N–H and O–H groups in total. The Balaban J connectivity index is 1.36. The Kier molecular flexibility index (Phi) is 11.9. The van der Waals surface area contributed by atoms with Crippen molar-refractivity contribution in [2.45, 2.75) is 51.9 Å². The van der Waals surface area contributed by atoms with Crippen LogP contribution in [0.25, 0.3) is 89.7 Å². The fraction of sp³-hybridized carbons (Fsp3) is 0.167. The van der Waals surface area contributed by atoms with Gasteiger partial charge in [0, 0.05) is 66.1 Å². The molecule has 7 aromatic rings. The number of rotatable bonds is 12. The van der Waals surface area contributed by atoms with E-state index in [0.717, 1.165) is 0 Å². The topological polar surface area (TPSA) is 375 Å². The van der Waals surface area contributed by atoms with E-state index in [1.165, 1.54) is 76.2 Å². The van der Waals surface area contributed by atoms with Crippen LogP contribution in [0.5, 0.6) is 0 Å². The summed E-state index contributed by atoms with van der Waals surface area (Å²) in [7, 11) is 0. The molecule has 4 aromatic carbocycles. The van der Waals surface area contributed by atoms with Gasteiger partial charge in [-0.1, -0.05) is 0 Å². The summed E-state index contributed by atoms with van der Waals surface area (Å²) in [5.74, 6) is -7.81. The van der Waals surface area contributed by atoms with Gasteiger partial charge in [0.05, 0.1) is 0 Å². The predicted molar refractivity (Wildman–Crippen MR) is 254 cm³/mol. The van der Waals surface area contributed by atoms with Gasteiger partial charge >= 0.3 is 23.9 Å². The Morgan fingerprint density at radius 1 is 0.361 bits per heavy atom. The van der Waals surface area contributed by atoms with E-state index in [4.69, 9.17) is 29.9 Å². The van der Waals surface area contributed by atoms with Crippen molar-refractivity contribution in [1.29, 1.82) is 0 Å². The molecule has 3 aromatic heterocycles. The van der Waals surface area contributed by atoms with E-state index in [0.29, 0.717) is 32.7 Å². The second-order valence-corrected chi connectivity index (χ2v) is 16.8. The SMILES string of the molecule is CC(NC(=O)c1ccc2c(c1)-c1nc-2nc2[nH]c(nc3nc(nc4[nH]c(n1)c1ccc(C(=O)NC(C)C(=O)O)cc41)-c1ccc(C(=O)NC(C)C(=O)O)cc1-3)c1ccc(C(=O)NC(C)C(=O)O)cc21)C(=O)O. The lowest BCUT2D eigenvalue weighted by Crippen LogP contribution is -2.38. The van der Waals surface area contributed by atoms with Crippen LogP contribution in [0.2, 0.25) is 0 Å². The maximum atomic E-state index is 13.4. The summed E-state index contributed by atoms with van der Waals surface area (Å²) < 4.78 is 0. The van der Waals surface area contributed by atoms with Gasteiger partial charge in [0.1, 0.15) is 46.8 Å².